The number of hydrogen-bond donors (Lipinski definition) is 2. The van der Waals surface area contributed by atoms with Crippen molar-refractivity contribution in [1.29, 1.82) is 0 Å². The van der Waals surface area contributed by atoms with Gasteiger partial charge in [-0.2, -0.15) is 0 Å². The van der Waals surface area contributed by atoms with Crippen LogP contribution in [-0.4, -0.2) is 28.1 Å². The molecule has 1 aliphatic carbocycles. The lowest BCUT2D eigenvalue weighted by Gasteiger charge is -2.49. The number of carbonyl (C=O) groups is 1. The van der Waals surface area contributed by atoms with E-state index in [1.807, 2.05) is 20.8 Å². The van der Waals surface area contributed by atoms with E-state index in [4.69, 9.17) is 0 Å². The lowest BCUT2D eigenvalue weighted by molar-refractivity contribution is -0.0690. The van der Waals surface area contributed by atoms with E-state index in [1.54, 1.807) is 5.38 Å². The molecule has 1 aliphatic rings. The number of nitrogens with zero attached hydrogens (tertiary/aromatic N) is 1. The molecule has 1 aromatic rings. The summed E-state index contributed by atoms with van der Waals surface area (Å²) in [6, 6.07) is 0.0389. The molecule has 16 heavy (non-hydrogen) atoms. The van der Waals surface area contributed by atoms with Crippen LogP contribution in [0.5, 0.6) is 0 Å². The predicted molar refractivity (Wildman–Crippen MR) is 62.5 cm³/mol. The molecule has 2 N–H and O–H groups in total. The van der Waals surface area contributed by atoms with Gasteiger partial charge in [0.15, 0.2) is 0 Å². The van der Waals surface area contributed by atoms with E-state index in [0.29, 0.717) is 12.1 Å². The van der Waals surface area contributed by atoms with Gasteiger partial charge in [0.05, 0.1) is 11.1 Å². The highest BCUT2D eigenvalue weighted by atomic mass is 32.1. The van der Waals surface area contributed by atoms with Crippen molar-refractivity contribution in [3.05, 3.63) is 16.1 Å². The summed E-state index contributed by atoms with van der Waals surface area (Å²) in [5.41, 5.74) is 0.237. The maximum atomic E-state index is 11.8. The first-order chi connectivity index (χ1) is 7.41. The highest BCUT2D eigenvalue weighted by Gasteiger charge is 2.48. The third-order valence-corrected chi connectivity index (χ3v) is 4.15. The first-order valence-corrected chi connectivity index (χ1v) is 6.20. The van der Waals surface area contributed by atoms with Crippen LogP contribution in [0.25, 0.3) is 0 Å². The van der Waals surface area contributed by atoms with E-state index in [9.17, 15) is 9.90 Å². The summed E-state index contributed by atoms with van der Waals surface area (Å²) < 4.78 is 0. The molecule has 5 heteroatoms. The number of nitrogens with one attached hydrogen (secondary N) is 1. The van der Waals surface area contributed by atoms with Crippen LogP contribution in [0, 0.1) is 12.3 Å². The van der Waals surface area contributed by atoms with Crippen LogP contribution in [0.15, 0.2) is 5.38 Å². The maximum Gasteiger partial charge on any atom is 0.270 e. The van der Waals surface area contributed by atoms with Crippen molar-refractivity contribution in [3.63, 3.8) is 0 Å². The van der Waals surface area contributed by atoms with Crippen LogP contribution in [0.3, 0.4) is 0 Å². The number of amides is 1. The smallest absolute Gasteiger partial charge is 0.270 e. The number of rotatable bonds is 2. The van der Waals surface area contributed by atoms with Crippen molar-refractivity contribution in [3.8, 4) is 0 Å². The molecule has 1 heterocycles. The van der Waals surface area contributed by atoms with Gasteiger partial charge in [0.25, 0.3) is 5.91 Å². The Morgan fingerprint density at radius 3 is 2.81 bits per heavy atom. The number of aryl methyl sites for hydroxylation is 1. The zero-order chi connectivity index (χ0) is 11.9. The number of hydrogen-bond acceptors (Lipinski definition) is 4. The molecule has 0 radical (unpaired) electrons. The minimum Gasteiger partial charge on any atom is -0.392 e. The topological polar surface area (TPSA) is 62.2 Å². The monoisotopic (exact) mass is 240 g/mol. The number of aliphatic hydroxyl groups excluding tert-OH is 1. The largest absolute Gasteiger partial charge is 0.392 e. The number of carbonyl (C=O) groups excluding carboxylic acids is 1. The van der Waals surface area contributed by atoms with Crippen LogP contribution >= 0.6 is 11.3 Å². The second kappa shape index (κ2) is 3.82. The van der Waals surface area contributed by atoms with Crippen LogP contribution in [0.2, 0.25) is 0 Å². The summed E-state index contributed by atoms with van der Waals surface area (Å²) in [4.78, 5) is 15.9. The van der Waals surface area contributed by atoms with Crippen LogP contribution in [0.4, 0.5) is 0 Å². The zero-order valence-corrected chi connectivity index (χ0v) is 10.5. The molecule has 1 aromatic heterocycles. The lowest BCUT2D eigenvalue weighted by Crippen LogP contribution is -2.61. The Morgan fingerprint density at radius 2 is 2.38 bits per heavy atom. The molecule has 0 aliphatic heterocycles. The van der Waals surface area contributed by atoms with E-state index in [-0.39, 0.29) is 23.5 Å². The molecule has 1 amide bonds. The van der Waals surface area contributed by atoms with Crippen LogP contribution < -0.4 is 5.32 Å². The normalized spacial score (nSPS) is 27.2. The van der Waals surface area contributed by atoms with E-state index < -0.39 is 0 Å². The van der Waals surface area contributed by atoms with Gasteiger partial charge in [0.2, 0.25) is 0 Å². The maximum absolute atomic E-state index is 11.8. The van der Waals surface area contributed by atoms with Gasteiger partial charge in [0.1, 0.15) is 5.69 Å². The molecule has 1 saturated carbocycles. The Kier molecular flexibility index (Phi) is 2.75. The number of aliphatic hydroxyl groups is 1. The summed E-state index contributed by atoms with van der Waals surface area (Å²) in [5, 5.41) is 15.1. The van der Waals surface area contributed by atoms with Gasteiger partial charge in [-0.15, -0.1) is 11.3 Å². The molecule has 2 atom stereocenters. The van der Waals surface area contributed by atoms with Crippen LogP contribution in [0.1, 0.15) is 35.8 Å². The average molecular weight is 240 g/mol. The van der Waals surface area contributed by atoms with Gasteiger partial charge in [-0.3, -0.25) is 4.79 Å². The van der Waals surface area contributed by atoms with Gasteiger partial charge < -0.3 is 10.4 Å². The van der Waals surface area contributed by atoms with Gasteiger partial charge in [-0.25, -0.2) is 4.98 Å². The molecular weight excluding hydrogens is 224 g/mol. The molecule has 88 valence electrons. The molecule has 4 nitrogen and oxygen atoms in total. The van der Waals surface area contributed by atoms with Crippen LogP contribution in [-0.2, 0) is 0 Å². The molecule has 0 spiro atoms. The Morgan fingerprint density at radius 1 is 1.69 bits per heavy atom. The fourth-order valence-corrected chi connectivity index (χ4v) is 2.44. The van der Waals surface area contributed by atoms with E-state index in [2.05, 4.69) is 10.3 Å². The molecule has 2 rings (SSSR count). The Hall–Kier alpha value is -0.940. The fourth-order valence-electron chi connectivity index (χ4n) is 1.85. The Bertz CT molecular complexity index is 414. The van der Waals surface area contributed by atoms with Crippen molar-refractivity contribution >= 4 is 17.2 Å². The third-order valence-electron chi connectivity index (χ3n) is 3.37. The predicted octanol–water partition coefficient (Wildman–Crippen LogP) is 1.34. The highest BCUT2D eigenvalue weighted by Crippen LogP contribution is 2.40. The first kappa shape index (κ1) is 11.5. The lowest BCUT2D eigenvalue weighted by atomic mass is 9.64. The van der Waals surface area contributed by atoms with Gasteiger partial charge in [-0.1, -0.05) is 13.8 Å². The Labute approximate surface area is 98.7 Å². The second-order valence-electron chi connectivity index (χ2n) is 4.85. The van der Waals surface area contributed by atoms with Crippen molar-refractivity contribution in [2.45, 2.75) is 39.3 Å². The molecule has 0 bridgehead atoms. The number of aromatic nitrogens is 1. The average Bonchev–Trinajstić information content (AvgIpc) is 2.64. The molecule has 0 saturated heterocycles. The zero-order valence-electron chi connectivity index (χ0n) is 9.65. The summed E-state index contributed by atoms with van der Waals surface area (Å²) in [6.07, 6.45) is 0.303. The minimum absolute atomic E-state index is 0.0389. The highest BCUT2D eigenvalue weighted by molar-refractivity contribution is 7.09. The summed E-state index contributed by atoms with van der Waals surface area (Å²) in [5.74, 6) is -0.144. The molecule has 1 fully saturated rings. The van der Waals surface area contributed by atoms with E-state index in [1.165, 1.54) is 11.3 Å². The van der Waals surface area contributed by atoms with Gasteiger partial charge >= 0.3 is 0 Å². The standard InChI is InChI=1S/C11H16N2O2S/c1-6-12-7(5-16-6)10(15)13-8-4-9(14)11(8,2)3/h5,8-9,14H,4H2,1-3H3,(H,13,15). The van der Waals surface area contributed by atoms with Gasteiger partial charge in [0, 0.05) is 16.8 Å². The SMILES string of the molecule is Cc1nc(C(=O)NC2CC(O)C2(C)C)cs1. The van der Waals surface area contributed by atoms with Crippen molar-refractivity contribution in [1.82, 2.24) is 10.3 Å². The Balaban J connectivity index is 1.99. The summed E-state index contributed by atoms with van der Waals surface area (Å²) in [7, 11) is 0. The molecular formula is C11H16N2O2S. The molecule has 2 unspecified atom stereocenters. The summed E-state index contributed by atoms with van der Waals surface area (Å²) >= 11 is 1.46. The summed E-state index contributed by atoms with van der Waals surface area (Å²) in [6.45, 7) is 5.79. The third kappa shape index (κ3) is 1.85. The van der Waals surface area contributed by atoms with E-state index in [0.717, 1.165) is 5.01 Å². The molecule has 0 aromatic carbocycles. The minimum atomic E-state index is -0.324. The number of thiazole rings is 1. The second-order valence-corrected chi connectivity index (χ2v) is 5.91. The van der Waals surface area contributed by atoms with E-state index >= 15 is 0 Å². The van der Waals surface area contributed by atoms with Gasteiger partial charge in [-0.05, 0) is 13.3 Å². The first-order valence-electron chi connectivity index (χ1n) is 5.32. The van der Waals surface area contributed by atoms with Crippen molar-refractivity contribution < 1.29 is 9.90 Å². The van der Waals surface area contributed by atoms with Crippen molar-refractivity contribution in [2.75, 3.05) is 0 Å². The fraction of sp³-hybridized carbons (Fsp3) is 0.636. The van der Waals surface area contributed by atoms with Crippen molar-refractivity contribution in [2.24, 2.45) is 5.41 Å². The quantitative estimate of drug-likeness (QED) is 0.820.